The topological polar surface area (TPSA) is 17.1 Å². The van der Waals surface area contributed by atoms with Crippen LogP contribution in [0.1, 0.15) is 19.4 Å². The first-order valence-electron chi connectivity index (χ1n) is 6.21. The highest BCUT2D eigenvalue weighted by Crippen LogP contribution is 2.36. The fraction of sp³-hybridized carbons (Fsp3) is 0.500. The van der Waals surface area contributed by atoms with Gasteiger partial charge in [0.15, 0.2) is 5.78 Å². The molecular formula is C14H16ClFOS2. The van der Waals surface area contributed by atoms with E-state index in [2.05, 4.69) is 13.8 Å². The van der Waals surface area contributed by atoms with E-state index in [1.165, 1.54) is 6.07 Å². The number of hydrogen-bond donors (Lipinski definition) is 0. The van der Waals surface area contributed by atoms with Gasteiger partial charge in [-0.05, 0) is 12.1 Å². The number of halogens is 2. The lowest BCUT2D eigenvalue weighted by Crippen LogP contribution is -2.32. The molecule has 1 fully saturated rings. The first kappa shape index (κ1) is 15.2. The summed E-state index contributed by atoms with van der Waals surface area (Å²) in [7, 11) is 0. The summed E-state index contributed by atoms with van der Waals surface area (Å²) in [6.45, 7) is 4.31. The number of carbonyl (C=O) groups excluding carboxylic acids is 1. The van der Waals surface area contributed by atoms with Crippen molar-refractivity contribution >= 4 is 40.9 Å². The second-order valence-electron chi connectivity index (χ2n) is 4.71. The van der Waals surface area contributed by atoms with Crippen LogP contribution in [0, 0.1) is 5.82 Å². The van der Waals surface area contributed by atoms with E-state index in [0.29, 0.717) is 21.1 Å². The zero-order valence-electron chi connectivity index (χ0n) is 10.9. The fourth-order valence-corrected chi connectivity index (χ4v) is 5.06. The molecule has 3 unspecified atom stereocenters. The Morgan fingerprint density at radius 1 is 1.42 bits per heavy atom. The predicted octanol–water partition coefficient (Wildman–Crippen LogP) is 4.22. The average Bonchev–Trinajstić information content (AvgIpc) is 2.37. The third kappa shape index (κ3) is 3.67. The van der Waals surface area contributed by atoms with E-state index in [1.54, 1.807) is 23.9 Å². The second kappa shape index (κ2) is 6.51. The molecule has 0 amide bonds. The van der Waals surface area contributed by atoms with Crippen molar-refractivity contribution in [1.29, 1.82) is 0 Å². The first-order chi connectivity index (χ1) is 8.99. The van der Waals surface area contributed by atoms with E-state index in [0.717, 1.165) is 5.75 Å². The standard InChI is InChI=1S/C14H16ClFOS2/c1-8-9(2)19-14(7-18-8)13(17)6-10-11(15)4-3-5-12(10)16/h3-5,8-9,14H,6-7H2,1-2H3. The molecule has 0 bridgehead atoms. The van der Waals surface area contributed by atoms with Crippen LogP contribution >= 0.6 is 35.1 Å². The Morgan fingerprint density at radius 2 is 2.16 bits per heavy atom. The molecule has 1 heterocycles. The Bertz CT molecular complexity index is 460. The van der Waals surface area contributed by atoms with E-state index in [4.69, 9.17) is 11.6 Å². The van der Waals surface area contributed by atoms with Gasteiger partial charge < -0.3 is 0 Å². The van der Waals surface area contributed by atoms with Crippen LogP contribution in [-0.2, 0) is 11.2 Å². The molecule has 0 spiro atoms. The molecule has 0 N–H and O–H groups in total. The summed E-state index contributed by atoms with van der Waals surface area (Å²) in [5.41, 5.74) is 0.325. The zero-order valence-corrected chi connectivity index (χ0v) is 13.2. The van der Waals surface area contributed by atoms with Gasteiger partial charge in [0.05, 0.1) is 5.25 Å². The predicted molar refractivity (Wildman–Crippen MR) is 82.9 cm³/mol. The fourth-order valence-electron chi connectivity index (χ4n) is 1.94. The highest BCUT2D eigenvalue weighted by atomic mass is 35.5. The van der Waals surface area contributed by atoms with Crippen LogP contribution in [0.3, 0.4) is 0 Å². The smallest absolute Gasteiger partial charge is 0.151 e. The van der Waals surface area contributed by atoms with Gasteiger partial charge in [0.25, 0.3) is 0 Å². The lowest BCUT2D eigenvalue weighted by Gasteiger charge is -2.30. The summed E-state index contributed by atoms with van der Waals surface area (Å²) in [4.78, 5) is 12.3. The number of benzene rings is 1. The maximum Gasteiger partial charge on any atom is 0.151 e. The van der Waals surface area contributed by atoms with Crippen molar-refractivity contribution in [3.63, 3.8) is 0 Å². The van der Waals surface area contributed by atoms with Gasteiger partial charge in [-0.1, -0.05) is 31.5 Å². The van der Waals surface area contributed by atoms with Crippen LogP contribution in [0.25, 0.3) is 0 Å². The highest BCUT2D eigenvalue weighted by Gasteiger charge is 2.30. The molecule has 104 valence electrons. The molecule has 1 aliphatic rings. The molecule has 2 rings (SSSR count). The van der Waals surface area contributed by atoms with Gasteiger partial charge in [-0.2, -0.15) is 11.8 Å². The number of hydrogen-bond acceptors (Lipinski definition) is 3. The Morgan fingerprint density at radius 3 is 2.79 bits per heavy atom. The summed E-state index contributed by atoms with van der Waals surface area (Å²) in [6.07, 6.45) is 0.0881. The van der Waals surface area contributed by atoms with Crippen LogP contribution < -0.4 is 0 Å². The SMILES string of the molecule is CC1SCC(C(=O)Cc2c(F)cccc2Cl)SC1C. The van der Waals surface area contributed by atoms with Crippen molar-refractivity contribution in [3.05, 3.63) is 34.6 Å². The van der Waals surface area contributed by atoms with Crippen molar-refractivity contribution < 1.29 is 9.18 Å². The molecule has 1 aliphatic heterocycles. The molecule has 0 aliphatic carbocycles. The largest absolute Gasteiger partial charge is 0.298 e. The van der Waals surface area contributed by atoms with Crippen molar-refractivity contribution in [2.24, 2.45) is 0 Å². The van der Waals surface area contributed by atoms with Gasteiger partial charge in [0.2, 0.25) is 0 Å². The molecule has 0 aromatic heterocycles. The Hall–Kier alpha value is -0.190. The normalized spacial score (nSPS) is 27.3. The van der Waals surface area contributed by atoms with E-state index in [-0.39, 0.29) is 17.5 Å². The maximum absolute atomic E-state index is 13.7. The minimum Gasteiger partial charge on any atom is -0.298 e. The van der Waals surface area contributed by atoms with Crippen LogP contribution in [-0.4, -0.2) is 27.3 Å². The summed E-state index contributed by atoms with van der Waals surface area (Å²) < 4.78 is 13.7. The molecule has 19 heavy (non-hydrogen) atoms. The summed E-state index contributed by atoms with van der Waals surface area (Å²) in [6, 6.07) is 4.53. The van der Waals surface area contributed by atoms with E-state index in [1.807, 2.05) is 11.8 Å². The van der Waals surface area contributed by atoms with Crippen molar-refractivity contribution in [2.75, 3.05) is 5.75 Å². The van der Waals surface area contributed by atoms with Crippen molar-refractivity contribution in [3.8, 4) is 0 Å². The average molecular weight is 319 g/mol. The van der Waals surface area contributed by atoms with E-state index < -0.39 is 5.82 Å². The summed E-state index contributed by atoms with van der Waals surface area (Å²) >= 11 is 9.47. The molecule has 1 aromatic rings. The Kier molecular flexibility index (Phi) is 5.21. The molecule has 3 atom stereocenters. The van der Waals surface area contributed by atoms with Crippen LogP contribution in [0.2, 0.25) is 5.02 Å². The van der Waals surface area contributed by atoms with Crippen molar-refractivity contribution in [1.82, 2.24) is 0 Å². The summed E-state index contributed by atoms with van der Waals surface area (Å²) in [5, 5.41) is 1.30. The van der Waals surface area contributed by atoms with Crippen LogP contribution in [0.5, 0.6) is 0 Å². The lowest BCUT2D eigenvalue weighted by atomic mass is 10.1. The number of ketones is 1. The number of Topliss-reactive ketones (excluding diaryl/α,β-unsaturated/α-hetero) is 1. The van der Waals surface area contributed by atoms with Crippen molar-refractivity contribution in [2.45, 2.75) is 36.0 Å². The Balaban J connectivity index is 2.05. The molecule has 0 saturated carbocycles. The quantitative estimate of drug-likeness (QED) is 0.830. The second-order valence-corrected chi connectivity index (χ2v) is 8.11. The van der Waals surface area contributed by atoms with Gasteiger partial charge in [0, 0.05) is 33.3 Å². The molecule has 0 radical (unpaired) electrons. The van der Waals surface area contributed by atoms with E-state index in [9.17, 15) is 9.18 Å². The first-order valence-corrected chi connectivity index (χ1v) is 8.58. The van der Waals surface area contributed by atoms with Crippen LogP contribution in [0.15, 0.2) is 18.2 Å². The molecule has 1 nitrogen and oxygen atoms in total. The number of rotatable bonds is 3. The van der Waals surface area contributed by atoms with E-state index >= 15 is 0 Å². The third-order valence-corrected chi connectivity index (χ3v) is 7.12. The van der Waals surface area contributed by atoms with Gasteiger partial charge >= 0.3 is 0 Å². The molecule has 1 saturated heterocycles. The summed E-state index contributed by atoms with van der Waals surface area (Å²) in [5.74, 6) is 0.486. The molecule has 1 aromatic carbocycles. The minimum absolute atomic E-state index is 0.0492. The Labute approximate surface area is 126 Å². The van der Waals surface area contributed by atoms with Gasteiger partial charge in [-0.3, -0.25) is 4.79 Å². The number of carbonyl (C=O) groups is 1. The monoisotopic (exact) mass is 318 g/mol. The molecule has 5 heteroatoms. The van der Waals surface area contributed by atoms with Gasteiger partial charge in [-0.15, -0.1) is 11.8 Å². The lowest BCUT2D eigenvalue weighted by molar-refractivity contribution is -0.117. The van der Waals surface area contributed by atoms with Gasteiger partial charge in [0.1, 0.15) is 5.82 Å². The minimum atomic E-state index is -0.393. The maximum atomic E-state index is 13.7. The van der Waals surface area contributed by atoms with Crippen LogP contribution in [0.4, 0.5) is 4.39 Å². The highest BCUT2D eigenvalue weighted by molar-refractivity contribution is 8.08. The molecular weight excluding hydrogens is 303 g/mol. The zero-order chi connectivity index (χ0) is 14.0. The van der Waals surface area contributed by atoms with Gasteiger partial charge in [-0.25, -0.2) is 4.39 Å². The third-order valence-electron chi connectivity index (χ3n) is 3.32. The number of thioether (sulfide) groups is 2.